The number of carbonyl (C=O) groups excluding carboxylic acids is 1. The summed E-state index contributed by atoms with van der Waals surface area (Å²) in [6.45, 7) is 1.89. The minimum absolute atomic E-state index is 0.000545. The number of halogens is 1. The maximum Gasteiger partial charge on any atom is 0.303 e. The molecule has 0 spiro atoms. The second-order valence-corrected chi connectivity index (χ2v) is 6.61. The van der Waals surface area contributed by atoms with Gasteiger partial charge in [0, 0.05) is 17.8 Å². The van der Waals surface area contributed by atoms with E-state index in [9.17, 15) is 9.59 Å². The van der Waals surface area contributed by atoms with Crippen LogP contribution >= 0.6 is 33.9 Å². The molecule has 17 heavy (non-hydrogen) atoms. The topological polar surface area (TPSA) is 66.4 Å². The SMILES string of the molecule is CC(CCCC(=O)O)NC(=O)c1csc(I)c1. The summed E-state index contributed by atoms with van der Waals surface area (Å²) in [7, 11) is 0. The highest BCUT2D eigenvalue weighted by molar-refractivity contribution is 14.1. The van der Waals surface area contributed by atoms with Crippen molar-refractivity contribution in [3.05, 3.63) is 19.9 Å². The average Bonchev–Trinajstić information content (AvgIpc) is 2.64. The van der Waals surface area contributed by atoms with E-state index in [0.29, 0.717) is 18.4 Å². The third-order valence-electron chi connectivity index (χ3n) is 2.23. The molecule has 0 saturated carbocycles. The van der Waals surface area contributed by atoms with Crippen LogP contribution in [0.15, 0.2) is 11.4 Å². The Morgan fingerprint density at radius 1 is 1.59 bits per heavy atom. The lowest BCUT2D eigenvalue weighted by Gasteiger charge is -2.12. The Morgan fingerprint density at radius 3 is 2.82 bits per heavy atom. The van der Waals surface area contributed by atoms with Crippen LogP contribution in [0.3, 0.4) is 0 Å². The van der Waals surface area contributed by atoms with Gasteiger partial charge in [-0.25, -0.2) is 0 Å². The summed E-state index contributed by atoms with van der Waals surface area (Å²) in [5.41, 5.74) is 0.671. The molecule has 4 nitrogen and oxygen atoms in total. The first-order valence-corrected chi connectivity index (χ1v) is 7.21. The van der Waals surface area contributed by atoms with E-state index in [-0.39, 0.29) is 18.4 Å². The van der Waals surface area contributed by atoms with E-state index in [1.54, 1.807) is 0 Å². The Kier molecular flexibility index (Phi) is 5.90. The molecule has 1 aromatic rings. The van der Waals surface area contributed by atoms with Gasteiger partial charge in [0.2, 0.25) is 0 Å². The number of hydrogen-bond donors (Lipinski definition) is 2. The van der Waals surface area contributed by atoms with Gasteiger partial charge in [-0.1, -0.05) is 0 Å². The van der Waals surface area contributed by atoms with Crippen molar-refractivity contribution in [1.82, 2.24) is 5.32 Å². The fourth-order valence-corrected chi connectivity index (χ4v) is 2.69. The van der Waals surface area contributed by atoms with Gasteiger partial charge in [0.1, 0.15) is 0 Å². The summed E-state index contributed by atoms with van der Waals surface area (Å²) in [5, 5.41) is 13.2. The monoisotopic (exact) mass is 367 g/mol. The van der Waals surface area contributed by atoms with Gasteiger partial charge in [0.25, 0.3) is 5.91 Å². The number of rotatable bonds is 6. The number of carbonyl (C=O) groups is 2. The molecule has 1 aromatic heterocycles. The summed E-state index contributed by atoms with van der Waals surface area (Å²) in [6.07, 6.45) is 1.41. The molecule has 0 bridgehead atoms. The van der Waals surface area contributed by atoms with Gasteiger partial charge >= 0.3 is 5.97 Å². The van der Waals surface area contributed by atoms with Crippen molar-refractivity contribution in [1.29, 1.82) is 0 Å². The molecule has 1 rings (SSSR count). The number of carboxylic acid groups (broad SMARTS) is 1. The zero-order valence-corrected chi connectivity index (χ0v) is 12.4. The predicted molar refractivity (Wildman–Crippen MR) is 75.5 cm³/mol. The normalized spacial score (nSPS) is 12.1. The molecule has 6 heteroatoms. The third-order valence-corrected chi connectivity index (χ3v) is 4.02. The predicted octanol–water partition coefficient (Wildman–Crippen LogP) is 2.73. The summed E-state index contributed by atoms with van der Waals surface area (Å²) in [6, 6.07) is 1.84. The lowest BCUT2D eigenvalue weighted by Crippen LogP contribution is -2.32. The molecule has 0 aliphatic carbocycles. The van der Waals surface area contributed by atoms with Gasteiger partial charge in [0.15, 0.2) is 0 Å². The zero-order chi connectivity index (χ0) is 12.8. The molecule has 0 saturated heterocycles. The van der Waals surface area contributed by atoms with Crippen molar-refractivity contribution in [3.63, 3.8) is 0 Å². The lowest BCUT2D eigenvalue weighted by atomic mass is 10.1. The van der Waals surface area contributed by atoms with Gasteiger partial charge in [-0.2, -0.15) is 0 Å². The molecule has 1 unspecified atom stereocenters. The minimum atomic E-state index is -0.795. The summed E-state index contributed by atoms with van der Waals surface area (Å²) >= 11 is 3.70. The van der Waals surface area contributed by atoms with Crippen molar-refractivity contribution in [2.75, 3.05) is 0 Å². The number of nitrogens with one attached hydrogen (secondary N) is 1. The molecule has 1 amide bonds. The molecule has 0 aliphatic rings. The molecule has 1 atom stereocenters. The first kappa shape index (κ1) is 14.4. The molecule has 0 aliphatic heterocycles. The van der Waals surface area contributed by atoms with Crippen molar-refractivity contribution >= 4 is 45.8 Å². The van der Waals surface area contributed by atoms with E-state index in [4.69, 9.17) is 5.11 Å². The zero-order valence-electron chi connectivity index (χ0n) is 9.40. The second kappa shape index (κ2) is 6.95. The molecule has 0 fully saturated rings. The Hall–Kier alpha value is -0.630. The molecular formula is C11H14INO3S. The fourth-order valence-electron chi connectivity index (χ4n) is 1.37. The van der Waals surface area contributed by atoms with Crippen LogP contribution in [0.5, 0.6) is 0 Å². The number of aliphatic carboxylic acids is 1. The Bertz CT molecular complexity index is 405. The van der Waals surface area contributed by atoms with Crippen LogP contribution in [-0.2, 0) is 4.79 Å². The Balaban J connectivity index is 2.33. The van der Waals surface area contributed by atoms with E-state index < -0.39 is 5.97 Å². The summed E-state index contributed by atoms with van der Waals surface area (Å²) < 4.78 is 1.08. The van der Waals surface area contributed by atoms with E-state index >= 15 is 0 Å². The molecular weight excluding hydrogens is 353 g/mol. The smallest absolute Gasteiger partial charge is 0.303 e. The van der Waals surface area contributed by atoms with Crippen LogP contribution in [-0.4, -0.2) is 23.0 Å². The molecule has 2 N–H and O–H groups in total. The first-order chi connectivity index (χ1) is 7.99. The van der Waals surface area contributed by atoms with Crippen molar-refractivity contribution in [3.8, 4) is 0 Å². The highest BCUT2D eigenvalue weighted by Crippen LogP contribution is 2.16. The van der Waals surface area contributed by atoms with E-state index in [1.807, 2.05) is 18.4 Å². The largest absolute Gasteiger partial charge is 0.481 e. The standard InChI is InChI=1S/C11H14INO3S/c1-7(3-2-4-10(14)15)13-11(16)8-5-9(12)17-6-8/h5-7H,2-4H2,1H3,(H,13,16)(H,14,15). The molecule has 94 valence electrons. The average molecular weight is 367 g/mol. The first-order valence-electron chi connectivity index (χ1n) is 5.25. The van der Waals surface area contributed by atoms with Gasteiger partial charge in [-0.05, 0) is 48.4 Å². The lowest BCUT2D eigenvalue weighted by molar-refractivity contribution is -0.137. The van der Waals surface area contributed by atoms with Gasteiger partial charge < -0.3 is 10.4 Å². The van der Waals surface area contributed by atoms with Crippen LogP contribution in [0, 0.1) is 2.88 Å². The summed E-state index contributed by atoms with van der Waals surface area (Å²) in [4.78, 5) is 22.1. The maximum absolute atomic E-state index is 11.7. The number of thiophene rings is 1. The van der Waals surface area contributed by atoms with Crippen LogP contribution in [0.1, 0.15) is 36.5 Å². The Morgan fingerprint density at radius 2 is 2.29 bits per heavy atom. The molecule has 0 aromatic carbocycles. The molecule has 0 radical (unpaired) electrons. The molecule has 1 heterocycles. The van der Waals surface area contributed by atoms with Gasteiger partial charge in [-0.3, -0.25) is 9.59 Å². The fraction of sp³-hybridized carbons (Fsp3) is 0.455. The van der Waals surface area contributed by atoms with E-state index in [0.717, 1.165) is 2.88 Å². The van der Waals surface area contributed by atoms with E-state index in [1.165, 1.54) is 11.3 Å². The van der Waals surface area contributed by atoms with Gasteiger partial charge in [0.05, 0.1) is 8.45 Å². The quantitative estimate of drug-likeness (QED) is 0.760. The maximum atomic E-state index is 11.7. The van der Waals surface area contributed by atoms with Crippen molar-refractivity contribution in [2.24, 2.45) is 0 Å². The third kappa shape index (κ3) is 5.49. The van der Waals surface area contributed by atoms with Crippen LogP contribution in [0.25, 0.3) is 0 Å². The second-order valence-electron chi connectivity index (χ2n) is 3.80. The van der Waals surface area contributed by atoms with Crippen LogP contribution < -0.4 is 5.32 Å². The van der Waals surface area contributed by atoms with Gasteiger partial charge in [-0.15, -0.1) is 11.3 Å². The number of amides is 1. The number of hydrogen-bond acceptors (Lipinski definition) is 3. The minimum Gasteiger partial charge on any atom is -0.481 e. The van der Waals surface area contributed by atoms with Crippen molar-refractivity contribution in [2.45, 2.75) is 32.2 Å². The highest BCUT2D eigenvalue weighted by Gasteiger charge is 2.11. The van der Waals surface area contributed by atoms with E-state index in [2.05, 4.69) is 27.9 Å². The summed E-state index contributed by atoms with van der Waals surface area (Å²) in [5.74, 6) is -0.886. The Labute approximate surface area is 118 Å². The number of carboxylic acids is 1. The van der Waals surface area contributed by atoms with Crippen LogP contribution in [0.4, 0.5) is 0 Å². The highest BCUT2D eigenvalue weighted by atomic mass is 127. The van der Waals surface area contributed by atoms with Crippen LogP contribution in [0.2, 0.25) is 0 Å². The van der Waals surface area contributed by atoms with Crippen molar-refractivity contribution < 1.29 is 14.7 Å².